The third kappa shape index (κ3) is 3.88. The highest BCUT2D eigenvalue weighted by Crippen LogP contribution is 2.28. The fourth-order valence-electron chi connectivity index (χ4n) is 2.49. The van der Waals surface area contributed by atoms with Gasteiger partial charge < -0.3 is 5.32 Å². The maximum atomic E-state index is 12.5. The summed E-state index contributed by atoms with van der Waals surface area (Å²) < 4.78 is 0. The monoisotopic (exact) mass is 321 g/mol. The molecule has 2 aromatic carbocycles. The molecule has 0 atom stereocenters. The molecule has 0 saturated heterocycles. The number of amides is 1. The highest BCUT2D eigenvalue weighted by molar-refractivity contribution is 7.12. The van der Waals surface area contributed by atoms with Crippen molar-refractivity contribution in [2.75, 3.05) is 6.54 Å². The Bertz CT molecular complexity index is 775. The molecule has 3 aromatic rings. The van der Waals surface area contributed by atoms with Gasteiger partial charge in [-0.15, -0.1) is 11.3 Å². The van der Waals surface area contributed by atoms with E-state index in [1.807, 2.05) is 29.6 Å². The molecule has 0 saturated carbocycles. The van der Waals surface area contributed by atoms with Gasteiger partial charge in [0, 0.05) is 12.1 Å². The Balaban J connectivity index is 1.66. The van der Waals surface area contributed by atoms with Gasteiger partial charge in [-0.25, -0.2) is 0 Å². The van der Waals surface area contributed by atoms with Gasteiger partial charge in [-0.1, -0.05) is 60.2 Å². The zero-order valence-corrected chi connectivity index (χ0v) is 13.9. The second kappa shape index (κ2) is 7.25. The molecule has 0 aliphatic carbocycles. The minimum atomic E-state index is 0.00602. The molecule has 1 heterocycles. The van der Waals surface area contributed by atoms with E-state index in [0.717, 1.165) is 22.4 Å². The Hall–Kier alpha value is -2.39. The van der Waals surface area contributed by atoms with Gasteiger partial charge in [0.2, 0.25) is 0 Å². The van der Waals surface area contributed by atoms with Gasteiger partial charge in [-0.3, -0.25) is 4.79 Å². The van der Waals surface area contributed by atoms with E-state index in [1.54, 1.807) is 0 Å². The van der Waals surface area contributed by atoms with Gasteiger partial charge in [-0.05, 0) is 35.9 Å². The van der Waals surface area contributed by atoms with Crippen LogP contribution < -0.4 is 5.32 Å². The number of aryl methyl sites for hydroxylation is 1. The summed E-state index contributed by atoms with van der Waals surface area (Å²) in [6, 6.07) is 20.5. The molecular weight excluding hydrogens is 302 g/mol. The van der Waals surface area contributed by atoms with E-state index in [0.29, 0.717) is 6.54 Å². The number of carbonyl (C=O) groups excluding carboxylic acids is 1. The van der Waals surface area contributed by atoms with Crippen LogP contribution in [0.3, 0.4) is 0 Å². The second-order valence-corrected chi connectivity index (χ2v) is 6.44. The van der Waals surface area contributed by atoms with Gasteiger partial charge in [0.15, 0.2) is 0 Å². The van der Waals surface area contributed by atoms with E-state index >= 15 is 0 Å². The third-order valence-corrected chi connectivity index (χ3v) is 4.69. The van der Waals surface area contributed by atoms with E-state index in [-0.39, 0.29) is 5.91 Å². The summed E-state index contributed by atoms with van der Waals surface area (Å²) >= 11 is 1.49. The van der Waals surface area contributed by atoms with Gasteiger partial charge in [0.05, 0.1) is 4.88 Å². The van der Waals surface area contributed by atoms with Gasteiger partial charge >= 0.3 is 0 Å². The van der Waals surface area contributed by atoms with Crippen LogP contribution in [0.15, 0.2) is 66.0 Å². The summed E-state index contributed by atoms with van der Waals surface area (Å²) in [5.74, 6) is 0.00602. The van der Waals surface area contributed by atoms with E-state index < -0.39 is 0 Å². The van der Waals surface area contributed by atoms with Gasteiger partial charge in [0.25, 0.3) is 5.91 Å². The van der Waals surface area contributed by atoms with Crippen LogP contribution in [-0.4, -0.2) is 12.5 Å². The molecule has 0 unspecified atom stereocenters. The Morgan fingerprint density at radius 1 is 1.00 bits per heavy atom. The van der Waals surface area contributed by atoms with Crippen molar-refractivity contribution in [2.45, 2.75) is 13.3 Å². The molecule has 3 heteroatoms. The molecule has 3 rings (SSSR count). The predicted octanol–water partition coefficient (Wildman–Crippen LogP) is 4.70. The number of thiophene rings is 1. The molecule has 0 radical (unpaired) electrons. The molecule has 0 aliphatic heterocycles. The molecule has 23 heavy (non-hydrogen) atoms. The molecule has 1 N–H and O–H groups in total. The summed E-state index contributed by atoms with van der Waals surface area (Å²) in [7, 11) is 0. The number of hydrogen-bond donors (Lipinski definition) is 1. The minimum Gasteiger partial charge on any atom is -0.351 e. The highest BCUT2D eigenvalue weighted by Gasteiger charge is 2.14. The zero-order chi connectivity index (χ0) is 16.1. The standard InChI is InChI=1S/C20H19NOS/c1-15-7-9-17(10-8-15)18-12-14-23-19(18)20(22)21-13-11-16-5-3-2-4-6-16/h2-10,12,14H,11,13H2,1H3,(H,21,22). The molecule has 0 bridgehead atoms. The second-order valence-electron chi connectivity index (χ2n) is 5.52. The predicted molar refractivity (Wildman–Crippen MR) is 97.0 cm³/mol. The van der Waals surface area contributed by atoms with Gasteiger partial charge in [-0.2, -0.15) is 0 Å². The molecule has 2 nitrogen and oxygen atoms in total. The zero-order valence-electron chi connectivity index (χ0n) is 13.1. The maximum Gasteiger partial charge on any atom is 0.261 e. The summed E-state index contributed by atoms with van der Waals surface area (Å²) in [5, 5.41) is 5.00. The van der Waals surface area contributed by atoms with E-state index in [1.165, 1.54) is 22.5 Å². The normalized spacial score (nSPS) is 10.5. The van der Waals surface area contributed by atoms with E-state index in [2.05, 4.69) is 48.6 Å². The highest BCUT2D eigenvalue weighted by atomic mass is 32.1. The van der Waals surface area contributed by atoms with Crippen molar-refractivity contribution >= 4 is 17.2 Å². The van der Waals surface area contributed by atoms with Crippen molar-refractivity contribution in [3.8, 4) is 11.1 Å². The first-order chi connectivity index (χ1) is 11.2. The van der Waals surface area contributed by atoms with E-state index in [9.17, 15) is 4.79 Å². The maximum absolute atomic E-state index is 12.5. The number of hydrogen-bond acceptors (Lipinski definition) is 2. The SMILES string of the molecule is Cc1ccc(-c2ccsc2C(=O)NCCc2ccccc2)cc1. The van der Waals surface area contributed by atoms with E-state index in [4.69, 9.17) is 0 Å². The van der Waals surface area contributed by atoms with Crippen LogP contribution in [-0.2, 0) is 6.42 Å². The van der Waals surface area contributed by atoms with Crippen LogP contribution in [0.2, 0.25) is 0 Å². The van der Waals surface area contributed by atoms with Crippen molar-refractivity contribution in [2.24, 2.45) is 0 Å². The number of rotatable bonds is 5. The quantitative estimate of drug-likeness (QED) is 0.725. The molecule has 1 aromatic heterocycles. The van der Waals surface area contributed by atoms with Crippen molar-refractivity contribution in [3.63, 3.8) is 0 Å². The Labute approximate surface area is 140 Å². The van der Waals surface area contributed by atoms with Crippen LogP contribution in [0.4, 0.5) is 0 Å². The molecule has 0 fully saturated rings. The lowest BCUT2D eigenvalue weighted by Crippen LogP contribution is -2.25. The molecular formula is C20H19NOS. The fraction of sp³-hybridized carbons (Fsp3) is 0.150. The average molecular weight is 321 g/mol. The van der Waals surface area contributed by atoms with Crippen LogP contribution in [0, 0.1) is 6.92 Å². The minimum absolute atomic E-state index is 0.00602. The van der Waals surface area contributed by atoms with Crippen LogP contribution in [0.25, 0.3) is 11.1 Å². The van der Waals surface area contributed by atoms with Crippen LogP contribution in [0.5, 0.6) is 0 Å². The first kappa shape index (κ1) is 15.5. The summed E-state index contributed by atoms with van der Waals surface area (Å²) in [6.07, 6.45) is 0.845. The van der Waals surface area contributed by atoms with Crippen molar-refractivity contribution in [1.29, 1.82) is 0 Å². The first-order valence-electron chi connectivity index (χ1n) is 7.71. The van der Waals surface area contributed by atoms with Crippen molar-refractivity contribution in [1.82, 2.24) is 5.32 Å². The molecule has 1 amide bonds. The topological polar surface area (TPSA) is 29.1 Å². The van der Waals surface area contributed by atoms with Crippen LogP contribution >= 0.6 is 11.3 Å². The summed E-state index contributed by atoms with van der Waals surface area (Å²) in [4.78, 5) is 13.2. The van der Waals surface area contributed by atoms with Crippen LogP contribution in [0.1, 0.15) is 20.8 Å². The molecule has 0 aliphatic rings. The third-order valence-electron chi connectivity index (χ3n) is 3.78. The number of benzene rings is 2. The first-order valence-corrected chi connectivity index (χ1v) is 8.58. The Morgan fingerprint density at radius 3 is 2.48 bits per heavy atom. The molecule has 116 valence electrons. The lowest BCUT2D eigenvalue weighted by Gasteiger charge is -2.07. The largest absolute Gasteiger partial charge is 0.351 e. The lowest BCUT2D eigenvalue weighted by atomic mass is 10.0. The lowest BCUT2D eigenvalue weighted by molar-refractivity contribution is 0.0959. The fourth-order valence-corrected chi connectivity index (χ4v) is 3.32. The van der Waals surface area contributed by atoms with Gasteiger partial charge in [0.1, 0.15) is 0 Å². The summed E-state index contributed by atoms with van der Waals surface area (Å²) in [5.41, 5.74) is 4.55. The van der Waals surface area contributed by atoms with Crippen molar-refractivity contribution < 1.29 is 4.79 Å². The average Bonchev–Trinajstić information content (AvgIpc) is 3.06. The Morgan fingerprint density at radius 2 is 1.74 bits per heavy atom. The van der Waals surface area contributed by atoms with Crippen molar-refractivity contribution in [3.05, 3.63) is 82.0 Å². The summed E-state index contributed by atoms with van der Waals surface area (Å²) in [6.45, 7) is 2.71. The molecule has 0 spiro atoms. The Kier molecular flexibility index (Phi) is 4.89. The number of nitrogens with one attached hydrogen (secondary N) is 1. The smallest absolute Gasteiger partial charge is 0.261 e. The number of carbonyl (C=O) groups is 1.